The van der Waals surface area contributed by atoms with Crippen LogP contribution in [0.2, 0.25) is 0 Å². The second-order valence-corrected chi connectivity index (χ2v) is 5.48. The SMILES string of the molecule is Oc1nc(C2CCOCC2)[nH]c1/C=C1/C=Nc2ncccc21. The number of imidazole rings is 1. The van der Waals surface area contributed by atoms with Gasteiger partial charge in [-0.25, -0.2) is 9.98 Å². The number of nitrogens with zero attached hydrogens (tertiary/aromatic N) is 3. The Balaban J connectivity index is 1.65. The first-order chi connectivity index (χ1) is 10.8. The van der Waals surface area contributed by atoms with Crippen LogP contribution in [0.25, 0.3) is 11.6 Å². The Morgan fingerprint density at radius 3 is 3.05 bits per heavy atom. The summed E-state index contributed by atoms with van der Waals surface area (Å²) in [5.41, 5.74) is 2.49. The second kappa shape index (κ2) is 5.38. The van der Waals surface area contributed by atoms with E-state index in [1.54, 1.807) is 12.4 Å². The van der Waals surface area contributed by atoms with Crippen LogP contribution in [0, 0.1) is 0 Å². The molecule has 6 heteroatoms. The summed E-state index contributed by atoms with van der Waals surface area (Å²) in [5, 5.41) is 10.1. The molecule has 22 heavy (non-hydrogen) atoms. The smallest absolute Gasteiger partial charge is 0.237 e. The second-order valence-electron chi connectivity index (χ2n) is 5.48. The van der Waals surface area contributed by atoms with Gasteiger partial charge in [0.15, 0.2) is 5.82 Å². The molecule has 0 saturated carbocycles. The molecule has 1 fully saturated rings. The number of fused-ring (bicyclic) bond motifs is 1. The number of hydrogen-bond acceptors (Lipinski definition) is 5. The van der Waals surface area contributed by atoms with Crippen molar-refractivity contribution < 1.29 is 9.84 Å². The summed E-state index contributed by atoms with van der Waals surface area (Å²) in [5.74, 6) is 1.88. The fourth-order valence-corrected chi connectivity index (χ4v) is 2.86. The zero-order chi connectivity index (χ0) is 14.9. The summed E-state index contributed by atoms with van der Waals surface area (Å²) in [6, 6.07) is 3.84. The third kappa shape index (κ3) is 2.31. The maximum Gasteiger partial charge on any atom is 0.237 e. The van der Waals surface area contributed by atoms with Crippen molar-refractivity contribution in [2.45, 2.75) is 18.8 Å². The van der Waals surface area contributed by atoms with Crippen LogP contribution in [-0.4, -0.2) is 39.5 Å². The summed E-state index contributed by atoms with van der Waals surface area (Å²) >= 11 is 0. The first-order valence-corrected chi connectivity index (χ1v) is 7.39. The van der Waals surface area contributed by atoms with Crippen LogP contribution in [0.15, 0.2) is 23.3 Å². The topological polar surface area (TPSA) is 83.4 Å². The minimum atomic E-state index is 0.0275. The van der Waals surface area contributed by atoms with Crippen molar-refractivity contribution in [1.29, 1.82) is 0 Å². The van der Waals surface area contributed by atoms with E-state index in [9.17, 15) is 5.11 Å². The number of aromatic amines is 1. The Morgan fingerprint density at radius 2 is 2.18 bits per heavy atom. The summed E-state index contributed by atoms with van der Waals surface area (Å²) in [6.07, 6.45) is 7.19. The molecule has 2 aromatic heterocycles. The van der Waals surface area contributed by atoms with Gasteiger partial charge in [-0.3, -0.25) is 0 Å². The molecule has 0 atom stereocenters. The van der Waals surface area contributed by atoms with E-state index in [1.807, 2.05) is 18.2 Å². The lowest BCUT2D eigenvalue weighted by atomic mass is 10.00. The van der Waals surface area contributed by atoms with E-state index in [-0.39, 0.29) is 5.88 Å². The van der Waals surface area contributed by atoms with Crippen LogP contribution in [0.3, 0.4) is 0 Å². The molecule has 112 valence electrons. The minimum absolute atomic E-state index is 0.0275. The molecule has 2 aliphatic rings. The molecular weight excluding hydrogens is 280 g/mol. The number of H-pyrrole nitrogens is 1. The number of hydrogen-bond donors (Lipinski definition) is 2. The van der Waals surface area contributed by atoms with Gasteiger partial charge < -0.3 is 14.8 Å². The lowest BCUT2D eigenvalue weighted by Crippen LogP contribution is -2.15. The monoisotopic (exact) mass is 296 g/mol. The average Bonchev–Trinajstić information content (AvgIpc) is 3.13. The van der Waals surface area contributed by atoms with E-state index in [0.717, 1.165) is 43.0 Å². The Hall–Kier alpha value is -2.47. The number of rotatable bonds is 2. The molecule has 0 amide bonds. The average molecular weight is 296 g/mol. The summed E-state index contributed by atoms with van der Waals surface area (Å²) in [4.78, 5) is 16.0. The number of allylic oxidation sites excluding steroid dienone is 1. The number of aromatic nitrogens is 3. The maximum atomic E-state index is 10.1. The summed E-state index contributed by atoms with van der Waals surface area (Å²) < 4.78 is 5.36. The van der Waals surface area contributed by atoms with E-state index in [2.05, 4.69) is 19.9 Å². The third-order valence-corrected chi connectivity index (χ3v) is 4.06. The molecule has 2 aliphatic heterocycles. The molecule has 6 nitrogen and oxygen atoms in total. The molecule has 2 N–H and O–H groups in total. The predicted molar refractivity (Wildman–Crippen MR) is 83.3 cm³/mol. The van der Waals surface area contributed by atoms with Crippen LogP contribution in [0.1, 0.15) is 35.8 Å². The molecule has 0 bridgehead atoms. The number of aliphatic imine (C=N–C) groups is 1. The number of pyridine rings is 1. The largest absolute Gasteiger partial charge is 0.492 e. The van der Waals surface area contributed by atoms with E-state index >= 15 is 0 Å². The summed E-state index contributed by atoms with van der Waals surface area (Å²) in [6.45, 7) is 1.49. The van der Waals surface area contributed by atoms with Crippen LogP contribution < -0.4 is 0 Å². The van der Waals surface area contributed by atoms with Crippen molar-refractivity contribution in [3.05, 3.63) is 35.4 Å². The van der Waals surface area contributed by atoms with Gasteiger partial charge in [0.1, 0.15) is 11.5 Å². The number of nitrogens with one attached hydrogen (secondary N) is 1. The zero-order valence-corrected chi connectivity index (χ0v) is 12.0. The molecule has 4 rings (SSSR count). The highest BCUT2D eigenvalue weighted by atomic mass is 16.5. The number of aromatic hydroxyl groups is 1. The molecule has 2 aromatic rings. The van der Waals surface area contributed by atoms with Gasteiger partial charge in [0.05, 0.1) is 0 Å². The van der Waals surface area contributed by atoms with Crippen molar-refractivity contribution in [3.8, 4) is 5.88 Å². The van der Waals surface area contributed by atoms with Crippen molar-refractivity contribution in [2.75, 3.05) is 13.2 Å². The normalized spacial score (nSPS) is 19.7. The fraction of sp³-hybridized carbons (Fsp3) is 0.312. The first kappa shape index (κ1) is 13.2. The van der Waals surface area contributed by atoms with Crippen LogP contribution in [-0.2, 0) is 4.74 Å². The third-order valence-electron chi connectivity index (χ3n) is 4.06. The Bertz CT molecular complexity index is 757. The van der Waals surface area contributed by atoms with Gasteiger partial charge in [-0.2, -0.15) is 4.98 Å². The molecular formula is C16H16N4O2. The lowest BCUT2D eigenvalue weighted by Gasteiger charge is -2.19. The lowest BCUT2D eigenvalue weighted by molar-refractivity contribution is 0.0837. The van der Waals surface area contributed by atoms with E-state index < -0.39 is 0 Å². The van der Waals surface area contributed by atoms with Gasteiger partial charge >= 0.3 is 0 Å². The molecule has 0 radical (unpaired) electrons. The van der Waals surface area contributed by atoms with Crippen LogP contribution >= 0.6 is 0 Å². The van der Waals surface area contributed by atoms with Gasteiger partial charge in [0.2, 0.25) is 5.88 Å². The summed E-state index contributed by atoms with van der Waals surface area (Å²) in [7, 11) is 0. The predicted octanol–water partition coefficient (Wildman–Crippen LogP) is 2.66. The van der Waals surface area contributed by atoms with Crippen molar-refractivity contribution in [1.82, 2.24) is 15.0 Å². The van der Waals surface area contributed by atoms with Gasteiger partial charge in [-0.05, 0) is 31.1 Å². The molecule has 0 aromatic carbocycles. The first-order valence-electron chi connectivity index (χ1n) is 7.39. The van der Waals surface area contributed by atoms with Gasteiger partial charge in [-0.1, -0.05) is 0 Å². The molecule has 1 saturated heterocycles. The molecule has 4 heterocycles. The highest BCUT2D eigenvalue weighted by molar-refractivity contribution is 6.20. The van der Waals surface area contributed by atoms with Gasteiger partial charge in [-0.15, -0.1) is 0 Å². The Labute approximate surface area is 127 Å². The van der Waals surface area contributed by atoms with E-state index in [4.69, 9.17) is 4.74 Å². The van der Waals surface area contributed by atoms with Crippen LogP contribution in [0.5, 0.6) is 5.88 Å². The van der Waals surface area contributed by atoms with Gasteiger partial charge in [0, 0.05) is 42.7 Å². The van der Waals surface area contributed by atoms with Crippen LogP contribution in [0.4, 0.5) is 5.82 Å². The Kier molecular flexibility index (Phi) is 3.23. The number of ether oxygens (including phenoxy) is 1. The quantitative estimate of drug-likeness (QED) is 0.892. The maximum absolute atomic E-state index is 10.1. The molecule has 0 spiro atoms. The standard InChI is InChI=1S/C16H16N4O2/c21-16-13(19-14(20-16)10-3-6-22-7-4-10)8-11-9-18-15-12(11)2-1-5-17-15/h1-2,5,8-10,21H,3-4,6-7H2,(H,19,20)/b11-8-. The van der Waals surface area contributed by atoms with E-state index in [1.165, 1.54) is 0 Å². The minimum Gasteiger partial charge on any atom is -0.492 e. The Morgan fingerprint density at radius 1 is 1.32 bits per heavy atom. The highest BCUT2D eigenvalue weighted by Crippen LogP contribution is 2.33. The van der Waals surface area contributed by atoms with Crippen molar-refractivity contribution >= 4 is 23.7 Å². The van der Waals surface area contributed by atoms with Crippen molar-refractivity contribution in [3.63, 3.8) is 0 Å². The highest BCUT2D eigenvalue weighted by Gasteiger charge is 2.21. The fourth-order valence-electron chi connectivity index (χ4n) is 2.86. The van der Waals surface area contributed by atoms with Crippen molar-refractivity contribution in [2.24, 2.45) is 4.99 Å². The van der Waals surface area contributed by atoms with Gasteiger partial charge in [0.25, 0.3) is 0 Å². The zero-order valence-electron chi connectivity index (χ0n) is 12.0. The molecule has 0 unspecified atom stereocenters. The van der Waals surface area contributed by atoms with E-state index in [0.29, 0.717) is 17.4 Å². The molecule has 0 aliphatic carbocycles.